The highest BCUT2D eigenvalue weighted by Crippen LogP contribution is 2.29. The van der Waals surface area contributed by atoms with Gasteiger partial charge in [-0.3, -0.25) is 28.8 Å². The molecule has 0 radical (unpaired) electrons. The summed E-state index contributed by atoms with van der Waals surface area (Å²) in [7, 11) is 0. The summed E-state index contributed by atoms with van der Waals surface area (Å²) in [5.41, 5.74) is -2.58. The Bertz CT molecular complexity index is 582. The molecule has 114 valence electrons. The van der Waals surface area contributed by atoms with Crippen LogP contribution in [-0.2, 0) is 28.8 Å². The molecule has 0 N–H and O–H groups in total. The van der Waals surface area contributed by atoms with Gasteiger partial charge >= 0.3 is 0 Å². The Balaban J connectivity index is 2.63. The highest BCUT2D eigenvalue weighted by molar-refractivity contribution is 6.25. The predicted molar refractivity (Wildman–Crippen MR) is 70.7 cm³/mol. The number of rotatable bonds is 6. The summed E-state index contributed by atoms with van der Waals surface area (Å²) in [5.74, 6) is -4.62. The van der Waals surface area contributed by atoms with Crippen LogP contribution in [-0.4, -0.2) is 51.2 Å². The van der Waals surface area contributed by atoms with Gasteiger partial charge in [0.25, 0.3) is 23.6 Å². The zero-order valence-electron chi connectivity index (χ0n) is 11.6. The van der Waals surface area contributed by atoms with Crippen LogP contribution in [0.2, 0.25) is 0 Å². The van der Waals surface area contributed by atoms with Gasteiger partial charge in [-0.1, -0.05) is 6.92 Å². The lowest BCUT2D eigenvalue weighted by molar-refractivity contribution is -0.172. The van der Waals surface area contributed by atoms with Gasteiger partial charge in [-0.25, -0.2) is 9.80 Å². The third-order valence-corrected chi connectivity index (χ3v) is 3.35. The molecule has 0 aromatic rings. The number of hydrogen-bond donors (Lipinski definition) is 0. The fraction of sp³-hybridized carbons (Fsp3) is 0.286. The van der Waals surface area contributed by atoms with Crippen molar-refractivity contribution in [3.63, 3.8) is 0 Å². The molecule has 0 atom stereocenters. The van der Waals surface area contributed by atoms with Crippen molar-refractivity contribution in [2.45, 2.75) is 25.4 Å². The lowest BCUT2D eigenvalue weighted by Gasteiger charge is -2.39. The van der Waals surface area contributed by atoms with Gasteiger partial charge in [-0.05, 0) is 6.42 Å². The molecule has 0 spiro atoms. The number of imide groups is 2. The Hall–Kier alpha value is -2.90. The van der Waals surface area contributed by atoms with Crippen molar-refractivity contribution in [3.05, 3.63) is 24.3 Å². The first-order valence-electron chi connectivity index (χ1n) is 6.52. The average molecular weight is 304 g/mol. The minimum absolute atomic E-state index is 0.00338. The van der Waals surface area contributed by atoms with Crippen molar-refractivity contribution in [1.82, 2.24) is 9.80 Å². The van der Waals surface area contributed by atoms with Gasteiger partial charge in [0.15, 0.2) is 12.1 Å². The van der Waals surface area contributed by atoms with Crippen molar-refractivity contribution in [1.29, 1.82) is 0 Å². The number of carbonyl (C=O) groups is 6. The van der Waals surface area contributed by atoms with E-state index in [1.165, 1.54) is 0 Å². The second-order valence-corrected chi connectivity index (χ2v) is 4.71. The number of Topliss-reactive ketones (excluding diaryl/α,β-unsaturated/α-hetero) is 1. The fourth-order valence-corrected chi connectivity index (χ4v) is 2.40. The number of amides is 4. The minimum atomic E-state index is -2.58. The van der Waals surface area contributed by atoms with Crippen molar-refractivity contribution < 1.29 is 28.8 Å². The summed E-state index contributed by atoms with van der Waals surface area (Å²) in [4.78, 5) is 72.5. The standard InChI is InChI=1S/C14H12N2O6/c1-2-3-9(18)14(8-17,15-10(19)4-5-11(15)20)16-12(21)6-7-13(16)22/h4-8H,2-3H2,1H3. The number of ketones is 1. The molecular formula is C14H12N2O6. The quantitative estimate of drug-likeness (QED) is 0.357. The van der Waals surface area contributed by atoms with Crippen LogP contribution in [0.3, 0.4) is 0 Å². The summed E-state index contributed by atoms with van der Waals surface area (Å²) in [6, 6.07) is 0. The Morgan fingerprint density at radius 1 is 0.955 bits per heavy atom. The number of nitrogens with zero attached hydrogens (tertiary/aromatic N) is 2. The van der Waals surface area contributed by atoms with E-state index in [9.17, 15) is 28.8 Å². The van der Waals surface area contributed by atoms with E-state index in [1.807, 2.05) is 0 Å². The molecule has 0 fully saturated rings. The van der Waals surface area contributed by atoms with Crippen LogP contribution in [0, 0.1) is 0 Å². The van der Waals surface area contributed by atoms with Crippen LogP contribution in [0.4, 0.5) is 0 Å². The van der Waals surface area contributed by atoms with Crippen molar-refractivity contribution in [2.24, 2.45) is 0 Å². The van der Waals surface area contributed by atoms with E-state index < -0.39 is 35.1 Å². The molecule has 0 saturated heterocycles. The Morgan fingerprint density at radius 2 is 1.32 bits per heavy atom. The topological polar surface area (TPSA) is 109 Å². The van der Waals surface area contributed by atoms with Gasteiger partial charge in [-0.15, -0.1) is 0 Å². The van der Waals surface area contributed by atoms with Crippen molar-refractivity contribution in [3.8, 4) is 0 Å². The predicted octanol–water partition coefficient (Wildman–Crippen LogP) is -0.899. The summed E-state index contributed by atoms with van der Waals surface area (Å²) in [5, 5.41) is 0. The van der Waals surface area contributed by atoms with Crippen LogP contribution in [0.1, 0.15) is 19.8 Å². The maximum Gasteiger partial charge on any atom is 0.256 e. The molecule has 8 nitrogen and oxygen atoms in total. The van der Waals surface area contributed by atoms with E-state index in [-0.39, 0.29) is 12.7 Å². The Morgan fingerprint density at radius 3 is 1.59 bits per heavy atom. The van der Waals surface area contributed by atoms with Gasteiger partial charge < -0.3 is 0 Å². The molecule has 0 saturated carbocycles. The Labute approximate surface area is 125 Å². The second-order valence-electron chi connectivity index (χ2n) is 4.71. The SMILES string of the molecule is CCCC(=O)C(C=O)(N1C(=O)C=CC1=O)N1C(=O)C=CC1=O. The number of aldehydes is 1. The second kappa shape index (κ2) is 5.47. The fourth-order valence-electron chi connectivity index (χ4n) is 2.40. The van der Waals surface area contributed by atoms with Crippen LogP contribution in [0.15, 0.2) is 24.3 Å². The van der Waals surface area contributed by atoms with Crippen molar-refractivity contribution >= 4 is 35.7 Å². The van der Waals surface area contributed by atoms with Gasteiger partial charge in [0.2, 0.25) is 5.66 Å². The van der Waals surface area contributed by atoms with Gasteiger partial charge in [0.05, 0.1) is 0 Å². The third kappa shape index (κ3) is 2.00. The van der Waals surface area contributed by atoms with Crippen molar-refractivity contribution in [2.75, 3.05) is 0 Å². The molecular weight excluding hydrogens is 292 g/mol. The number of hydrogen-bond acceptors (Lipinski definition) is 6. The van der Waals surface area contributed by atoms with E-state index in [0.29, 0.717) is 16.2 Å². The largest absolute Gasteiger partial charge is 0.298 e. The first-order chi connectivity index (χ1) is 10.4. The molecule has 22 heavy (non-hydrogen) atoms. The molecule has 0 unspecified atom stereocenters. The van der Waals surface area contributed by atoms with Crippen LogP contribution < -0.4 is 0 Å². The third-order valence-electron chi connectivity index (χ3n) is 3.35. The maximum atomic E-state index is 12.5. The summed E-state index contributed by atoms with van der Waals surface area (Å²) < 4.78 is 0. The van der Waals surface area contributed by atoms with E-state index >= 15 is 0 Å². The summed E-state index contributed by atoms with van der Waals surface area (Å²) in [6.07, 6.45) is 3.61. The van der Waals surface area contributed by atoms with Gasteiger partial charge in [0, 0.05) is 30.7 Å². The summed E-state index contributed by atoms with van der Waals surface area (Å²) in [6.45, 7) is 1.64. The first-order valence-corrected chi connectivity index (χ1v) is 6.52. The van der Waals surface area contributed by atoms with Gasteiger partial charge in [-0.2, -0.15) is 0 Å². The zero-order valence-corrected chi connectivity index (χ0v) is 11.6. The Kier molecular flexibility index (Phi) is 3.85. The zero-order chi connectivity index (χ0) is 16.5. The summed E-state index contributed by atoms with van der Waals surface area (Å²) >= 11 is 0. The van der Waals surface area contributed by atoms with Crippen LogP contribution in [0.5, 0.6) is 0 Å². The highest BCUT2D eigenvalue weighted by atomic mass is 16.2. The van der Waals surface area contributed by atoms with E-state index in [0.717, 1.165) is 24.3 Å². The molecule has 8 heteroatoms. The smallest absolute Gasteiger partial charge is 0.256 e. The highest BCUT2D eigenvalue weighted by Gasteiger charge is 2.58. The van der Waals surface area contributed by atoms with Crippen LogP contribution in [0.25, 0.3) is 0 Å². The molecule has 4 amide bonds. The molecule has 0 bridgehead atoms. The molecule has 0 aromatic heterocycles. The normalized spacial score (nSPS) is 17.9. The molecule has 0 aromatic carbocycles. The molecule has 2 aliphatic heterocycles. The lowest BCUT2D eigenvalue weighted by atomic mass is 9.97. The lowest BCUT2D eigenvalue weighted by Crippen LogP contribution is -2.69. The maximum absolute atomic E-state index is 12.5. The van der Waals surface area contributed by atoms with E-state index in [1.54, 1.807) is 6.92 Å². The van der Waals surface area contributed by atoms with Gasteiger partial charge in [0.1, 0.15) is 0 Å². The molecule has 2 heterocycles. The number of carbonyl (C=O) groups excluding carboxylic acids is 6. The van der Waals surface area contributed by atoms with E-state index in [2.05, 4.69) is 0 Å². The first kappa shape index (κ1) is 15.5. The molecule has 2 aliphatic rings. The monoisotopic (exact) mass is 304 g/mol. The minimum Gasteiger partial charge on any atom is -0.298 e. The van der Waals surface area contributed by atoms with Crippen LogP contribution >= 0.6 is 0 Å². The molecule has 2 rings (SSSR count). The average Bonchev–Trinajstić information content (AvgIpc) is 2.98. The molecule has 0 aliphatic carbocycles. The van der Waals surface area contributed by atoms with E-state index in [4.69, 9.17) is 0 Å².